The molecule has 0 aliphatic heterocycles. The number of nitrogens with zero attached hydrogens (tertiary/aromatic N) is 1. The van der Waals surface area contributed by atoms with E-state index in [1.54, 1.807) is 6.92 Å². The first-order valence-corrected chi connectivity index (χ1v) is 7.05. The average Bonchev–Trinajstić information content (AvgIpc) is 2.39. The lowest BCUT2D eigenvalue weighted by molar-refractivity contribution is -0.121. The van der Waals surface area contributed by atoms with E-state index in [4.69, 9.17) is 4.98 Å². The highest BCUT2D eigenvalue weighted by atomic mass is 16.1. The van der Waals surface area contributed by atoms with Gasteiger partial charge in [0.05, 0.1) is 0 Å². The molecule has 98 valence electrons. The van der Waals surface area contributed by atoms with Crippen LogP contribution in [0.25, 0.3) is 0 Å². The van der Waals surface area contributed by atoms with Crippen molar-refractivity contribution in [3.63, 3.8) is 0 Å². The van der Waals surface area contributed by atoms with E-state index in [1.165, 1.54) is 11.4 Å². The van der Waals surface area contributed by atoms with Crippen molar-refractivity contribution < 1.29 is 4.79 Å². The molecule has 1 aromatic rings. The highest BCUT2D eigenvalue weighted by Crippen LogP contribution is 2.35. The number of Topliss-reactive ketones (excluding diaryl/α,β-unsaturated/α-hetero) is 1. The van der Waals surface area contributed by atoms with Crippen molar-refractivity contribution in [3.05, 3.63) is 29.6 Å². The molecule has 0 N–H and O–H groups in total. The van der Waals surface area contributed by atoms with Crippen LogP contribution in [0.3, 0.4) is 0 Å². The number of hydrogen-bond donors (Lipinski definition) is 0. The minimum Gasteiger partial charge on any atom is -0.300 e. The van der Waals surface area contributed by atoms with Crippen LogP contribution in [0.1, 0.15) is 69.7 Å². The molecule has 0 aromatic carbocycles. The van der Waals surface area contributed by atoms with Crippen LogP contribution in [-0.4, -0.2) is 10.8 Å². The van der Waals surface area contributed by atoms with Gasteiger partial charge in [-0.2, -0.15) is 0 Å². The summed E-state index contributed by atoms with van der Waals surface area (Å²) in [7, 11) is 0. The van der Waals surface area contributed by atoms with Crippen molar-refractivity contribution in [2.45, 2.75) is 58.3 Å². The van der Waals surface area contributed by atoms with Crippen LogP contribution in [0.2, 0.25) is 0 Å². The van der Waals surface area contributed by atoms with Gasteiger partial charge < -0.3 is 0 Å². The van der Waals surface area contributed by atoms with Gasteiger partial charge >= 0.3 is 0 Å². The second kappa shape index (κ2) is 5.64. The van der Waals surface area contributed by atoms with Gasteiger partial charge in [-0.3, -0.25) is 9.78 Å². The molecular weight excluding hydrogens is 222 g/mol. The number of hydrogen-bond acceptors (Lipinski definition) is 2. The summed E-state index contributed by atoms with van der Waals surface area (Å²) in [5.41, 5.74) is 2.41. The molecule has 0 unspecified atom stereocenters. The van der Waals surface area contributed by atoms with E-state index < -0.39 is 0 Å². The van der Waals surface area contributed by atoms with Crippen molar-refractivity contribution in [2.75, 3.05) is 0 Å². The molecule has 1 aromatic heterocycles. The summed E-state index contributed by atoms with van der Waals surface area (Å²) in [6, 6.07) is 6.37. The Bertz CT molecular complexity index is 417. The first-order chi connectivity index (χ1) is 8.58. The van der Waals surface area contributed by atoms with Crippen LogP contribution in [0.4, 0.5) is 0 Å². The van der Waals surface area contributed by atoms with Crippen LogP contribution >= 0.6 is 0 Å². The summed E-state index contributed by atoms with van der Waals surface area (Å²) in [5, 5.41) is 0. The SMILES string of the molecule is CC(=O)C1CCC(c2cccc(C(C)C)n2)CC1. The molecule has 1 aliphatic rings. The fourth-order valence-electron chi connectivity index (χ4n) is 2.81. The summed E-state index contributed by atoms with van der Waals surface area (Å²) >= 11 is 0. The monoisotopic (exact) mass is 245 g/mol. The summed E-state index contributed by atoms with van der Waals surface area (Å²) in [5.74, 6) is 1.70. The Kier molecular flexibility index (Phi) is 4.15. The predicted octanol–water partition coefficient (Wildman–Crippen LogP) is 4.07. The third-order valence-corrected chi connectivity index (χ3v) is 4.10. The molecule has 0 amide bonds. The Morgan fingerprint density at radius 2 is 1.89 bits per heavy atom. The van der Waals surface area contributed by atoms with Crippen molar-refractivity contribution in [1.29, 1.82) is 0 Å². The lowest BCUT2D eigenvalue weighted by Crippen LogP contribution is -2.19. The predicted molar refractivity (Wildman–Crippen MR) is 73.7 cm³/mol. The molecule has 0 bridgehead atoms. The van der Waals surface area contributed by atoms with E-state index in [0.717, 1.165) is 25.7 Å². The summed E-state index contributed by atoms with van der Waals surface area (Å²) < 4.78 is 0. The van der Waals surface area contributed by atoms with Crippen LogP contribution in [0, 0.1) is 5.92 Å². The fourth-order valence-corrected chi connectivity index (χ4v) is 2.81. The molecular formula is C16H23NO. The Morgan fingerprint density at radius 1 is 1.22 bits per heavy atom. The molecule has 0 atom stereocenters. The van der Waals surface area contributed by atoms with Gasteiger partial charge in [0.25, 0.3) is 0 Å². The Labute approximate surface area is 110 Å². The van der Waals surface area contributed by atoms with Crippen LogP contribution in [-0.2, 0) is 4.79 Å². The molecule has 0 spiro atoms. The Morgan fingerprint density at radius 3 is 2.44 bits per heavy atom. The highest BCUT2D eigenvalue weighted by molar-refractivity contribution is 5.78. The fraction of sp³-hybridized carbons (Fsp3) is 0.625. The quantitative estimate of drug-likeness (QED) is 0.803. The zero-order valence-electron chi connectivity index (χ0n) is 11.6. The summed E-state index contributed by atoms with van der Waals surface area (Å²) in [6.07, 6.45) is 4.29. The number of carbonyl (C=O) groups excluding carboxylic acids is 1. The second-order valence-corrected chi connectivity index (χ2v) is 5.80. The van der Waals surface area contributed by atoms with Gasteiger partial charge in [-0.05, 0) is 50.7 Å². The van der Waals surface area contributed by atoms with E-state index in [2.05, 4.69) is 32.0 Å². The summed E-state index contributed by atoms with van der Waals surface area (Å²) in [4.78, 5) is 16.2. The molecule has 2 nitrogen and oxygen atoms in total. The normalized spacial score (nSPS) is 24.2. The van der Waals surface area contributed by atoms with E-state index in [1.807, 2.05) is 0 Å². The number of carbonyl (C=O) groups is 1. The third kappa shape index (κ3) is 2.98. The van der Waals surface area contributed by atoms with E-state index >= 15 is 0 Å². The minimum absolute atomic E-state index is 0.300. The lowest BCUT2D eigenvalue weighted by atomic mass is 9.79. The van der Waals surface area contributed by atoms with Crippen molar-refractivity contribution in [3.8, 4) is 0 Å². The zero-order valence-corrected chi connectivity index (χ0v) is 11.6. The standard InChI is InChI=1S/C16H23NO/c1-11(2)15-5-4-6-16(17-15)14-9-7-13(8-10-14)12(3)18/h4-6,11,13-14H,7-10H2,1-3H3. The van der Waals surface area contributed by atoms with Crippen molar-refractivity contribution in [1.82, 2.24) is 4.98 Å². The number of rotatable bonds is 3. The van der Waals surface area contributed by atoms with Crippen molar-refractivity contribution >= 4 is 5.78 Å². The van der Waals surface area contributed by atoms with Gasteiger partial charge in [-0.1, -0.05) is 19.9 Å². The molecule has 0 radical (unpaired) electrons. The molecule has 1 saturated carbocycles. The second-order valence-electron chi connectivity index (χ2n) is 5.80. The molecule has 1 fully saturated rings. The largest absolute Gasteiger partial charge is 0.300 e. The molecule has 1 aliphatic carbocycles. The lowest BCUT2D eigenvalue weighted by Gasteiger charge is -2.27. The van der Waals surface area contributed by atoms with E-state index in [9.17, 15) is 4.79 Å². The van der Waals surface area contributed by atoms with Gasteiger partial charge in [0, 0.05) is 23.2 Å². The maximum absolute atomic E-state index is 11.4. The number of aromatic nitrogens is 1. The maximum atomic E-state index is 11.4. The maximum Gasteiger partial charge on any atom is 0.132 e. The first kappa shape index (κ1) is 13.3. The van der Waals surface area contributed by atoms with Gasteiger partial charge in [-0.15, -0.1) is 0 Å². The first-order valence-electron chi connectivity index (χ1n) is 7.05. The number of pyridine rings is 1. The van der Waals surface area contributed by atoms with Gasteiger partial charge in [-0.25, -0.2) is 0 Å². The Hall–Kier alpha value is -1.18. The number of ketones is 1. The highest BCUT2D eigenvalue weighted by Gasteiger charge is 2.25. The molecule has 18 heavy (non-hydrogen) atoms. The minimum atomic E-state index is 0.300. The smallest absolute Gasteiger partial charge is 0.132 e. The molecule has 0 saturated heterocycles. The average molecular weight is 245 g/mol. The van der Waals surface area contributed by atoms with Gasteiger partial charge in [0.2, 0.25) is 0 Å². The van der Waals surface area contributed by atoms with Crippen molar-refractivity contribution in [2.24, 2.45) is 5.92 Å². The topological polar surface area (TPSA) is 30.0 Å². The van der Waals surface area contributed by atoms with Crippen LogP contribution in [0.15, 0.2) is 18.2 Å². The van der Waals surface area contributed by atoms with Gasteiger partial charge in [0.1, 0.15) is 5.78 Å². The summed E-state index contributed by atoms with van der Waals surface area (Å²) in [6.45, 7) is 6.08. The van der Waals surface area contributed by atoms with Gasteiger partial charge in [0.15, 0.2) is 0 Å². The molecule has 2 rings (SSSR count). The van der Waals surface area contributed by atoms with E-state index in [-0.39, 0.29) is 0 Å². The van der Waals surface area contributed by atoms with Crippen LogP contribution < -0.4 is 0 Å². The Balaban J connectivity index is 2.05. The van der Waals surface area contributed by atoms with Crippen LogP contribution in [0.5, 0.6) is 0 Å². The van der Waals surface area contributed by atoms with E-state index in [0.29, 0.717) is 23.5 Å². The third-order valence-electron chi connectivity index (χ3n) is 4.10. The zero-order chi connectivity index (χ0) is 13.1. The molecule has 1 heterocycles. The molecule has 2 heteroatoms.